The van der Waals surface area contributed by atoms with Gasteiger partial charge in [-0.25, -0.2) is 0 Å². The minimum absolute atomic E-state index is 0.120. The number of aliphatic imine (C=N–C) groups is 1. The number of methoxy groups -OCH3 is 1. The number of ether oxygens (including phenoxy) is 1. The number of hydrogen-bond donors (Lipinski definition) is 0. The quantitative estimate of drug-likeness (QED) is 0.703. The number of Topliss-reactive ketones (excluding diaryl/α,β-unsaturated/α-hetero) is 1. The Bertz CT molecular complexity index is 449. The molecule has 0 aliphatic carbocycles. The minimum Gasteiger partial charge on any atom is -0.496 e. The van der Waals surface area contributed by atoms with Crippen LogP contribution in [0.3, 0.4) is 0 Å². The summed E-state index contributed by atoms with van der Waals surface area (Å²) in [6.07, 6.45) is 1.68. The van der Waals surface area contributed by atoms with E-state index in [0.29, 0.717) is 11.3 Å². The molecule has 0 radical (unpaired) electrons. The van der Waals surface area contributed by atoms with Gasteiger partial charge in [0.1, 0.15) is 5.75 Å². The van der Waals surface area contributed by atoms with Gasteiger partial charge < -0.3 is 4.74 Å². The maximum absolute atomic E-state index is 11.8. The molecule has 1 aromatic carbocycles. The van der Waals surface area contributed by atoms with E-state index in [0.717, 1.165) is 11.3 Å². The van der Waals surface area contributed by atoms with Gasteiger partial charge in [0, 0.05) is 17.8 Å². The van der Waals surface area contributed by atoms with E-state index in [1.165, 1.54) is 0 Å². The molecule has 0 amide bonds. The SMILES string of the molecule is COc1cc2c(cc1C)C(=O)C(C)C=N2. The van der Waals surface area contributed by atoms with Crippen LogP contribution in [-0.4, -0.2) is 19.1 Å². The van der Waals surface area contributed by atoms with E-state index in [2.05, 4.69) is 4.99 Å². The van der Waals surface area contributed by atoms with Crippen molar-refractivity contribution in [3.63, 3.8) is 0 Å². The van der Waals surface area contributed by atoms with Crippen LogP contribution >= 0.6 is 0 Å². The molecule has 3 nitrogen and oxygen atoms in total. The first-order valence-electron chi connectivity index (χ1n) is 4.90. The Labute approximate surface area is 88.8 Å². The van der Waals surface area contributed by atoms with Gasteiger partial charge in [-0.1, -0.05) is 6.92 Å². The van der Waals surface area contributed by atoms with Crippen molar-refractivity contribution in [2.24, 2.45) is 10.9 Å². The molecule has 1 unspecified atom stereocenters. The highest BCUT2D eigenvalue weighted by atomic mass is 16.5. The Morgan fingerprint density at radius 1 is 1.40 bits per heavy atom. The summed E-state index contributed by atoms with van der Waals surface area (Å²) in [4.78, 5) is 16.1. The number of nitrogens with zero attached hydrogens (tertiary/aromatic N) is 1. The molecule has 0 fully saturated rings. The van der Waals surface area contributed by atoms with Crippen molar-refractivity contribution in [1.82, 2.24) is 0 Å². The van der Waals surface area contributed by atoms with Crippen molar-refractivity contribution in [3.05, 3.63) is 23.3 Å². The van der Waals surface area contributed by atoms with E-state index in [-0.39, 0.29) is 11.7 Å². The number of rotatable bonds is 1. The standard InChI is InChI=1S/C12H13NO2/c1-7-4-9-10(5-11(7)15-3)13-6-8(2)12(9)14/h4-6,8H,1-3H3. The van der Waals surface area contributed by atoms with Gasteiger partial charge in [0.25, 0.3) is 0 Å². The Morgan fingerprint density at radius 2 is 2.13 bits per heavy atom. The molecule has 3 heteroatoms. The Morgan fingerprint density at radius 3 is 2.80 bits per heavy atom. The van der Waals surface area contributed by atoms with Crippen LogP contribution in [0.25, 0.3) is 0 Å². The summed E-state index contributed by atoms with van der Waals surface area (Å²) < 4.78 is 5.19. The van der Waals surface area contributed by atoms with Crippen molar-refractivity contribution in [2.75, 3.05) is 7.11 Å². The highest BCUT2D eigenvalue weighted by Crippen LogP contribution is 2.32. The zero-order valence-corrected chi connectivity index (χ0v) is 9.07. The van der Waals surface area contributed by atoms with Crippen LogP contribution in [0.5, 0.6) is 5.75 Å². The Balaban J connectivity index is 2.59. The third kappa shape index (κ3) is 1.54. The smallest absolute Gasteiger partial charge is 0.173 e. The molecule has 78 valence electrons. The molecular formula is C12H13NO2. The number of fused-ring (bicyclic) bond motifs is 1. The lowest BCUT2D eigenvalue weighted by Gasteiger charge is -2.16. The fourth-order valence-electron chi connectivity index (χ4n) is 1.71. The molecule has 1 atom stereocenters. The molecule has 0 bridgehead atoms. The second-order valence-electron chi connectivity index (χ2n) is 3.77. The van der Waals surface area contributed by atoms with Gasteiger partial charge in [0.05, 0.1) is 18.7 Å². The molecule has 1 heterocycles. The summed E-state index contributed by atoms with van der Waals surface area (Å²) in [6.45, 7) is 3.78. The third-order valence-electron chi connectivity index (χ3n) is 2.63. The largest absolute Gasteiger partial charge is 0.496 e. The van der Waals surface area contributed by atoms with Crippen LogP contribution in [-0.2, 0) is 0 Å². The van der Waals surface area contributed by atoms with E-state index in [9.17, 15) is 4.79 Å². The number of hydrogen-bond acceptors (Lipinski definition) is 3. The number of ketones is 1. The average Bonchev–Trinajstić information content (AvgIpc) is 2.24. The fourth-order valence-corrected chi connectivity index (χ4v) is 1.71. The first-order valence-corrected chi connectivity index (χ1v) is 4.90. The van der Waals surface area contributed by atoms with Gasteiger partial charge in [0.15, 0.2) is 5.78 Å². The summed E-state index contributed by atoms with van der Waals surface area (Å²) in [6, 6.07) is 3.66. The van der Waals surface area contributed by atoms with Crippen LogP contribution in [0.15, 0.2) is 17.1 Å². The first-order chi connectivity index (χ1) is 7.13. The lowest BCUT2D eigenvalue weighted by Crippen LogP contribution is -2.16. The van der Waals surface area contributed by atoms with Crippen molar-refractivity contribution in [2.45, 2.75) is 13.8 Å². The van der Waals surface area contributed by atoms with Gasteiger partial charge in [-0.05, 0) is 18.6 Å². The molecule has 2 rings (SSSR count). The molecule has 0 saturated heterocycles. The summed E-state index contributed by atoms with van der Waals surface area (Å²) in [5, 5.41) is 0. The summed E-state index contributed by atoms with van der Waals surface area (Å²) in [5.41, 5.74) is 2.37. The third-order valence-corrected chi connectivity index (χ3v) is 2.63. The van der Waals surface area contributed by atoms with E-state index in [4.69, 9.17) is 4.74 Å². The van der Waals surface area contributed by atoms with Crippen LogP contribution in [0.2, 0.25) is 0 Å². The molecule has 0 spiro atoms. The Kier molecular flexibility index (Phi) is 2.31. The van der Waals surface area contributed by atoms with Crippen LogP contribution in [0.1, 0.15) is 22.8 Å². The minimum atomic E-state index is -0.120. The van der Waals surface area contributed by atoms with Gasteiger partial charge in [-0.15, -0.1) is 0 Å². The summed E-state index contributed by atoms with van der Waals surface area (Å²) in [7, 11) is 1.62. The van der Waals surface area contributed by atoms with Crippen molar-refractivity contribution >= 4 is 17.7 Å². The van der Waals surface area contributed by atoms with Crippen molar-refractivity contribution in [3.8, 4) is 5.75 Å². The maximum atomic E-state index is 11.8. The van der Waals surface area contributed by atoms with Gasteiger partial charge in [0.2, 0.25) is 0 Å². The molecule has 1 aromatic rings. The molecular weight excluding hydrogens is 190 g/mol. The average molecular weight is 203 g/mol. The normalized spacial score (nSPS) is 18.9. The number of carbonyl (C=O) groups is 1. The van der Waals surface area contributed by atoms with Crippen LogP contribution in [0, 0.1) is 12.8 Å². The fraction of sp³-hybridized carbons (Fsp3) is 0.333. The monoisotopic (exact) mass is 203 g/mol. The second-order valence-corrected chi connectivity index (χ2v) is 3.77. The predicted molar refractivity (Wildman–Crippen MR) is 59.4 cm³/mol. The van der Waals surface area contributed by atoms with Gasteiger partial charge >= 0.3 is 0 Å². The van der Waals surface area contributed by atoms with E-state index >= 15 is 0 Å². The molecule has 15 heavy (non-hydrogen) atoms. The van der Waals surface area contributed by atoms with Crippen LogP contribution < -0.4 is 4.74 Å². The maximum Gasteiger partial charge on any atom is 0.173 e. The van der Waals surface area contributed by atoms with Gasteiger partial charge in [-0.3, -0.25) is 9.79 Å². The topological polar surface area (TPSA) is 38.7 Å². The molecule has 0 N–H and O–H groups in total. The van der Waals surface area contributed by atoms with Gasteiger partial charge in [-0.2, -0.15) is 0 Å². The number of aryl methyl sites for hydroxylation is 1. The van der Waals surface area contributed by atoms with E-state index in [1.54, 1.807) is 13.3 Å². The summed E-state index contributed by atoms with van der Waals surface area (Å²) >= 11 is 0. The van der Waals surface area contributed by atoms with E-state index < -0.39 is 0 Å². The first kappa shape index (κ1) is 9.90. The summed E-state index contributed by atoms with van der Waals surface area (Å²) in [5.74, 6) is 0.782. The zero-order chi connectivity index (χ0) is 11.0. The lowest BCUT2D eigenvalue weighted by molar-refractivity contribution is 0.0962. The highest BCUT2D eigenvalue weighted by molar-refractivity contribution is 6.12. The molecule has 1 aliphatic rings. The number of carbonyl (C=O) groups excluding carboxylic acids is 1. The van der Waals surface area contributed by atoms with Crippen molar-refractivity contribution in [1.29, 1.82) is 0 Å². The lowest BCUT2D eigenvalue weighted by atomic mass is 9.94. The zero-order valence-electron chi connectivity index (χ0n) is 9.07. The molecule has 0 saturated carbocycles. The van der Waals surface area contributed by atoms with E-state index in [1.807, 2.05) is 26.0 Å². The molecule has 0 aromatic heterocycles. The van der Waals surface area contributed by atoms with Crippen LogP contribution in [0.4, 0.5) is 5.69 Å². The predicted octanol–water partition coefficient (Wildman–Crippen LogP) is 2.54. The highest BCUT2D eigenvalue weighted by Gasteiger charge is 2.22. The molecule has 1 aliphatic heterocycles. The Hall–Kier alpha value is -1.64. The number of benzene rings is 1. The van der Waals surface area contributed by atoms with Crippen molar-refractivity contribution < 1.29 is 9.53 Å². The second kappa shape index (κ2) is 3.50.